The van der Waals surface area contributed by atoms with Crippen LogP contribution in [0, 0.1) is 11.6 Å². The second kappa shape index (κ2) is 5.54. The minimum absolute atomic E-state index is 0.00606. The molecule has 0 saturated carbocycles. The molecule has 1 N–H and O–H groups in total. The summed E-state index contributed by atoms with van der Waals surface area (Å²) >= 11 is 1.16. The van der Waals surface area contributed by atoms with E-state index in [4.69, 9.17) is 0 Å². The van der Waals surface area contributed by atoms with Crippen molar-refractivity contribution in [3.8, 4) is 0 Å². The summed E-state index contributed by atoms with van der Waals surface area (Å²) in [5.41, 5.74) is 0.523. The highest BCUT2D eigenvalue weighted by Crippen LogP contribution is 2.35. The number of hydrogen-bond donors (Lipinski definition) is 1. The number of nitrogens with one attached hydrogen (secondary N) is 1. The maximum absolute atomic E-state index is 14.0. The van der Waals surface area contributed by atoms with Gasteiger partial charge in [0.05, 0.1) is 16.6 Å². The predicted octanol–water partition coefficient (Wildman–Crippen LogP) is 3.42. The molecule has 1 aromatic heterocycles. The molecular formula is C14H17F2N3S. The van der Waals surface area contributed by atoms with Crippen molar-refractivity contribution >= 4 is 11.5 Å². The van der Waals surface area contributed by atoms with Gasteiger partial charge in [-0.2, -0.15) is 0 Å². The molecule has 1 unspecified atom stereocenters. The summed E-state index contributed by atoms with van der Waals surface area (Å²) in [6.07, 6.45) is 0. The van der Waals surface area contributed by atoms with Crippen LogP contribution >= 0.6 is 11.5 Å². The Morgan fingerprint density at radius 1 is 1.20 bits per heavy atom. The van der Waals surface area contributed by atoms with Crippen LogP contribution in [0.1, 0.15) is 42.9 Å². The topological polar surface area (TPSA) is 37.8 Å². The minimum Gasteiger partial charge on any atom is -0.308 e. The Bertz CT molecular complexity index is 584. The van der Waals surface area contributed by atoms with Crippen LogP contribution in [0.3, 0.4) is 0 Å². The Hall–Kier alpha value is -1.40. The molecule has 2 rings (SSSR count). The van der Waals surface area contributed by atoms with Crippen molar-refractivity contribution in [1.82, 2.24) is 14.9 Å². The van der Waals surface area contributed by atoms with Crippen molar-refractivity contribution in [2.75, 3.05) is 7.05 Å². The van der Waals surface area contributed by atoms with Crippen LogP contribution in [-0.4, -0.2) is 16.6 Å². The Kier molecular flexibility index (Phi) is 4.15. The van der Waals surface area contributed by atoms with Gasteiger partial charge in [0.15, 0.2) is 0 Å². The summed E-state index contributed by atoms with van der Waals surface area (Å²) in [5, 5.41) is 7.09. The van der Waals surface area contributed by atoms with Gasteiger partial charge in [0, 0.05) is 11.0 Å². The summed E-state index contributed by atoms with van der Waals surface area (Å²) in [7, 11) is 1.67. The average Bonchev–Trinajstić information content (AvgIpc) is 2.82. The first kappa shape index (κ1) is 15.0. The number of benzene rings is 1. The summed E-state index contributed by atoms with van der Waals surface area (Å²) < 4.78 is 31.9. The molecular weight excluding hydrogens is 280 g/mol. The molecule has 2 aromatic rings. The average molecular weight is 297 g/mol. The summed E-state index contributed by atoms with van der Waals surface area (Å²) in [6.45, 7) is 5.99. The second-order valence-corrected chi connectivity index (χ2v) is 6.38. The van der Waals surface area contributed by atoms with Crippen LogP contribution in [0.15, 0.2) is 18.2 Å². The van der Waals surface area contributed by atoms with Crippen molar-refractivity contribution in [3.63, 3.8) is 0 Å². The third kappa shape index (κ3) is 2.71. The molecule has 1 aromatic carbocycles. The first-order chi connectivity index (χ1) is 9.36. The van der Waals surface area contributed by atoms with Crippen molar-refractivity contribution < 1.29 is 8.78 Å². The molecule has 0 aliphatic rings. The first-order valence-corrected chi connectivity index (χ1v) is 7.07. The Balaban J connectivity index is 2.57. The van der Waals surface area contributed by atoms with Crippen LogP contribution in [0.25, 0.3) is 0 Å². The molecule has 0 amide bonds. The summed E-state index contributed by atoms with van der Waals surface area (Å²) in [4.78, 5) is 0.740. The van der Waals surface area contributed by atoms with E-state index in [2.05, 4.69) is 14.9 Å². The molecule has 0 aliphatic heterocycles. The van der Waals surface area contributed by atoms with Gasteiger partial charge in [0.2, 0.25) is 0 Å². The lowest BCUT2D eigenvalue weighted by Crippen LogP contribution is -2.24. The van der Waals surface area contributed by atoms with Crippen molar-refractivity contribution in [2.24, 2.45) is 0 Å². The van der Waals surface area contributed by atoms with Crippen molar-refractivity contribution in [2.45, 2.75) is 32.2 Å². The number of nitrogens with zero attached hydrogens (tertiary/aromatic N) is 2. The molecule has 6 heteroatoms. The maximum Gasteiger partial charge on any atom is 0.131 e. The molecule has 1 heterocycles. The Morgan fingerprint density at radius 2 is 1.80 bits per heavy atom. The van der Waals surface area contributed by atoms with Gasteiger partial charge in [0.1, 0.15) is 11.6 Å². The van der Waals surface area contributed by atoms with Gasteiger partial charge in [-0.25, -0.2) is 8.78 Å². The fourth-order valence-electron chi connectivity index (χ4n) is 2.10. The largest absolute Gasteiger partial charge is 0.308 e. The predicted molar refractivity (Wildman–Crippen MR) is 75.9 cm³/mol. The highest BCUT2D eigenvalue weighted by Gasteiger charge is 2.30. The molecule has 0 bridgehead atoms. The monoisotopic (exact) mass is 297 g/mol. The molecule has 1 atom stereocenters. The normalized spacial score (nSPS) is 13.5. The molecule has 3 nitrogen and oxygen atoms in total. The first-order valence-electron chi connectivity index (χ1n) is 6.30. The molecule has 0 aliphatic carbocycles. The van der Waals surface area contributed by atoms with E-state index in [-0.39, 0.29) is 11.0 Å². The molecule has 0 saturated heterocycles. The van der Waals surface area contributed by atoms with Crippen LogP contribution < -0.4 is 5.32 Å². The summed E-state index contributed by atoms with van der Waals surface area (Å²) in [6, 6.07) is 3.28. The van der Waals surface area contributed by atoms with Gasteiger partial charge in [-0.15, -0.1) is 5.10 Å². The van der Waals surface area contributed by atoms with E-state index in [0.29, 0.717) is 0 Å². The Labute approximate surface area is 121 Å². The van der Waals surface area contributed by atoms with Gasteiger partial charge in [-0.05, 0) is 30.7 Å². The van der Waals surface area contributed by atoms with E-state index in [9.17, 15) is 8.78 Å². The number of aromatic nitrogens is 2. The molecule has 0 spiro atoms. The number of rotatable bonds is 3. The summed E-state index contributed by atoms with van der Waals surface area (Å²) in [5.74, 6) is -1.14. The lowest BCUT2D eigenvalue weighted by atomic mass is 9.88. The third-order valence-corrected chi connectivity index (χ3v) is 3.85. The molecule has 0 fully saturated rings. The zero-order valence-electron chi connectivity index (χ0n) is 11.9. The van der Waals surface area contributed by atoms with Gasteiger partial charge < -0.3 is 5.32 Å². The fourth-order valence-corrected chi connectivity index (χ4v) is 3.08. The quantitative estimate of drug-likeness (QED) is 0.943. The SMILES string of the molecule is CNC(c1snnc1C(C)(C)C)c1c(F)cccc1F. The highest BCUT2D eigenvalue weighted by atomic mass is 32.1. The van der Waals surface area contributed by atoms with E-state index in [0.717, 1.165) is 22.1 Å². The fraction of sp³-hybridized carbons (Fsp3) is 0.429. The zero-order chi connectivity index (χ0) is 14.9. The minimum atomic E-state index is -0.592. The van der Waals surface area contributed by atoms with Gasteiger partial charge in [-0.3, -0.25) is 0 Å². The van der Waals surface area contributed by atoms with Crippen LogP contribution in [0.2, 0.25) is 0 Å². The zero-order valence-corrected chi connectivity index (χ0v) is 12.7. The van der Waals surface area contributed by atoms with E-state index in [1.54, 1.807) is 7.05 Å². The lowest BCUT2D eigenvalue weighted by Gasteiger charge is -2.22. The standard InChI is InChI=1S/C14H17F2N3S/c1-14(2,3)13-12(20-19-18-13)11(17-4)10-8(15)6-5-7-9(10)16/h5-7,11,17H,1-4H3. The molecule has 20 heavy (non-hydrogen) atoms. The van der Waals surface area contributed by atoms with Crippen molar-refractivity contribution in [1.29, 1.82) is 0 Å². The van der Waals surface area contributed by atoms with Crippen LogP contribution in [-0.2, 0) is 5.41 Å². The molecule has 0 radical (unpaired) electrons. The number of hydrogen-bond acceptors (Lipinski definition) is 4. The lowest BCUT2D eigenvalue weighted by molar-refractivity contribution is 0.510. The number of halogens is 2. The second-order valence-electron chi connectivity index (χ2n) is 5.59. The van der Waals surface area contributed by atoms with E-state index in [1.807, 2.05) is 20.8 Å². The smallest absolute Gasteiger partial charge is 0.131 e. The molecule has 108 valence electrons. The highest BCUT2D eigenvalue weighted by molar-refractivity contribution is 7.05. The van der Waals surface area contributed by atoms with Crippen molar-refractivity contribution in [3.05, 3.63) is 46.0 Å². The van der Waals surface area contributed by atoms with Gasteiger partial charge in [-0.1, -0.05) is 31.3 Å². The van der Waals surface area contributed by atoms with E-state index >= 15 is 0 Å². The van der Waals surface area contributed by atoms with E-state index < -0.39 is 17.7 Å². The van der Waals surface area contributed by atoms with E-state index in [1.165, 1.54) is 18.2 Å². The van der Waals surface area contributed by atoms with Gasteiger partial charge in [0.25, 0.3) is 0 Å². The third-order valence-electron chi connectivity index (χ3n) is 3.06. The van der Waals surface area contributed by atoms with Gasteiger partial charge >= 0.3 is 0 Å². The Morgan fingerprint density at radius 3 is 2.30 bits per heavy atom. The van der Waals surface area contributed by atoms with Crippen LogP contribution in [0.5, 0.6) is 0 Å². The maximum atomic E-state index is 14.0. The van der Waals surface area contributed by atoms with Crippen LogP contribution in [0.4, 0.5) is 8.78 Å².